The molecule has 0 saturated heterocycles. The molecule has 0 aliphatic carbocycles. The van der Waals surface area contributed by atoms with Crippen molar-refractivity contribution in [3.05, 3.63) is 129 Å². The molecule has 0 fully saturated rings. The van der Waals surface area contributed by atoms with Gasteiger partial charge in [0.25, 0.3) is 0 Å². The predicted octanol–water partition coefficient (Wildman–Crippen LogP) is 12.0. The summed E-state index contributed by atoms with van der Waals surface area (Å²) in [5.74, 6) is 2.26. The van der Waals surface area contributed by atoms with Gasteiger partial charge in [-0.15, -0.1) is 0 Å². The van der Waals surface area contributed by atoms with Gasteiger partial charge in [0.2, 0.25) is 0 Å². The molecule has 53 heavy (non-hydrogen) atoms. The number of ether oxygens (including phenoxy) is 1. The maximum atomic E-state index is 6.78. The van der Waals surface area contributed by atoms with E-state index in [0.717, 1.165) is 50.6 Å². The molecular formula is C47H52N4OPt-2. The number of nitrogens with zero attached hydrogens (tertiary/aromatic N) is 4. The van der Waals surface area contributed by atoms with E-state index >= 15 is 0 Å². The molecule has 4 aromatic carbocycles. The van der Waals surface area contributed by atoms with Gasteiger partial charge >= 0.3 is 285 Å². The van der Waals surface area contributed by atoms with Gasteiger partial charge in [0.05, 0.1) is 0 Å². The fourth-order valence-electron chi connectivity index (χ4n) is 7.19. The molecule has 1 aliphatic heterocycles. The number of aryl methyl sites for hydroxylation is 1. The molecular weight excluding hydrogens is 832 g/mol. The van der Waals surface area contributed by atoms with Crippen LogP contribution >= 0.6 is 0 Å². The van der Waals surface area contributed by atoms with Crippen molar-refractivity contribution in [3.8, 4) is 22.9 Å². The van der Waals surface area contributed by atoms with Gasteiger partial charge in [-0.1, -0.05) is 20.8 Å². The third kappa shape index (κ3) is 7.22. The first kappa shape index (κ1) is 37.1. The van der Waals surface area contributed by atoms with Crippen LogP contribution in [0.15, 0.2) is 91.1 Å². The normalized spacial score (nSPS) is 14.8. The molecule has 0 radical (unpaired) electrons. The number of pyridine rings is 1. The quantitative estimate of drug-likeness (QED) is 0.162. The van der Waals surface area contributed by atoms with E-state index in [4.69, 9.17) is 9.72 Å². The Balaban J connectivity index is 1.33. The van der Waals surface area contributed by atoms with Gasteiger partial charge in [-0.25, -0.2) is 0 Å². The summed E-state index contributed by atoms with van der Waals surface area (Å²) in [6, 6.07) is 37.9. The van der Waals surface area contributed by atoms with E-state index in [1.807, 2.05) is 6.20 Å². The second-order valence-electron chi connectivity index (χ2n) is 18.2. The maximum absolute atomic E-state index is 6.78. The van der Waals surface area contributed by atoms with E-state index in [1.165, 1.54) is 22.3 Å². The third-order valence-corrected chi connectivity index (χ3v) is 11.5. The van der Waals surface area contributed by atoms with Crippen LogP contribution in [0.3, 0.4) is 0 Å². The van der Waals surface area contributed by atoms with Crippen LogP contribution in [0, 0.1) is 15.9 Å². The molecule has 7 rings (SSSR count). The number of hydrogen-bond donors (Lipinski definition) is 0. The molecule has 0 saturated carbocycles. The standard InChI is InChI=1S/C47H52N4O.Pt/c1-44(2,3)33-17-19-36(20-18-33)49-31-50(41-15-13-12-14-40(41)49)37-26-35(46(7,8)9)27-39(29-37)52-38-21-16-32-22-24-47(10,11)51(42(32)30-38)43-28-34(23-25-48-43)45(4,5)6;/h12-21,23,25-28H,22,24H2,1-11H3;/q-2;. The van der Waals surface area contributed by atoms with Gasteiger partial charge in [-0.2, -0.15) is 0 Å². The van der Waals surface area contributed by atoms with Crippen molar-refractivity contribution in [1.29, 1.82) is 0 Å². The molecule has 3 heterocycles. The van der Waals surface area contributed by atoms with Gasteiger partial charge < -0.3 is 0 Å². The molecule has 5 nitrogen and oxygen atoms in total. The van der Waals surface area contributed by atoms with E-state index < -0.39 is 0 Å². The first-order chi connectivity index (χ1) is 24.8. The van der Waals surface area contributed by atoms with Crippen molar-refractivity contribution in [1.82, 2.24) is 14.1 Å². The van der Waals surface area contributed by atoms with Gasteiger partial charge in [0.15, 0.2) is 0 Å². The second kappa shape index (κ2) is 13.3. The Kier molecular flexibility index (Phi) is 9.29. The molecule has 6 aromatic rings. The molecule has 0 bridgehead atoms. The Hall–Kier alpha value is -4.21. The zero-order chi connectivity index (χ0) is 38.1. The second-order valence-corrected chi connectivity index (χ2v) is 19.2. The number of imidazole rings is 1. The van der Waals surface area contributed by atoms with E-state index in [0.29, 0.717) is 11.5 Å². The molecule has 0 unspecified atom stereocenters. The average Bonchev–Trinajstić information content (AvgIpc) is 3.38. The van der Waals surface area contributed by atoms with E-state index in [2.05, 4.69) is 207 Å². The van der Waals surface area contributed by atoms with Crippen LogP contribution in [0.1, 0.15) is 105 Å². The molecule has 0 atom stereocenters. The topological polar surface area (TPSA) is 35.2 Å². The van der Waals surface area contributed by atoms with Crippen LogP contribution in [0.5, 0.6) is 11.5 Å². The number of hydrogen-bond acceptors (Lipinski definition) is 3. The van der Waals surface area contributed by atoms with Gasteiger partial charge in [0, 0.05) is 6.20 Å². The number of benzene rings is 4. The summed E-state index contributed by atoms with van der Waals surface area (Å²) in [6.07, 6.45) is 3.93. The van der Waals surface area contributed by atoms with Gasteiger partial charge in [-0.05, 0) is 17.0 Å². The SMILES string of the molecule is CC(C)(C)c1ccc(-n2[c](=[Pt])n(-c3[c-]c(Oc4[c-]c5c(cc4)CCC(C)(C)N5c4cc(C(C)(C)C)ccn4)cc(C(C)(C)C)c3)c3ccccc32)cc1. The average molecular weight is 884 g/mol. The molecule has 1 aliphatic rings. The summed E-state index contributed by atoms with van der Waals surface area (Å²) >= 11 is 2.46. The van der Waals surface area contributed by atoms with Crippen LogP contribution in [-0.4, -0.2) is 19.7 Å². The van der Waals surface area contributed by atoms with Crippen molar-refractivity contribution >= 4 is 22.5 Å². The first-order valence-corrected chi connectivity index (χ1v) is 19.8. The van der Waals surface area contributed by atoms with Crippen LogP contribution in [0.2, 0.25) is 0 Å². The summed E-state index contributed by atoms with van der Waals surface area (Å²) < 4.78 is 12.5. The molecule has 278 valence electrons. The van der Waals surface area contributed by atoms with Crippen molar-refractivity contribution in [2.24, 2.45) is 0 Å². The minimum absolute atomic E-state index is 0.0137. The van der Waals surface area contributed by atoms with Crippen LogP contribution in [0.25, 0.3) is 22.4 Å². The van der Waals surface area contributed by atoms with E-state index in [1.54, 1.807) is 0 Å². The van der Waals surface area contributed by atoms with Crippen LogP contribution in [0.4, 0.5) is 11.5 Å². The van der Waals surface area contributed by atoms with Gasteiger partial charge in [-0.3, -0.25) is 0 Å². The molecule has 2 aromatic heterocycles. The van der Waals surface area contributed by atoms with Gasteiger partial charge in [0.1, 0.15) is 0 Å². The number of para-hydroxylation sites is 2. The zero-order valence-electron chi connectivity index (χ0n) is 33.1. The Bertz CT molecular complexity index is 2380. The summed E-state index contributed by atoms with van der Waals surface area (Å²) in [5.41, 5.74) is 10.1. The Morgan fingerprint density at radius 3 is 1.96 bits per heavy atom. The summed E-state index contributed by atoms with van der Waals surface area (Å²) in [6.45, 7) is 24.8. The number of fused-ring (bicyclic) bond motifs is 2. The molecule has 6 heteroatoms. The van der Waals surface area contributed by atoms with Crippen molar-refractivity contribution < 1.29 is 24.1 Å². The molecule has 0 N–H and O–H groups in total. The summed E-state index contributed by atoms with van der Waals surface area (Å²) in [7, 11) is 0. The summed E-state index contributed by atoms with van der Waals surface area (Å²) in [4.78, 5) is 7.25. The Morgan fingerprint density at radius 2 is 1.32 bits per heavy atom. The van der Waals surface area contributed by atoms with E-state index in [-0.39, 0.29) is 21.8 Å². The molecule has 0 spiro atoms. The van der Waals surface area contributed by atoms with Crippen molar-refractivity contribution in [2.75, 3.05) is 4.90 Å². The minimum atomic E-state index is -0.147. The van der Waals surface area contributed by atoms with E-state index in [9.17, 15) is 0 Å². The number of anilines is 2. The number of aromatic nitrogens is 3. The van der Waals surface area contributed by atoms with Crippen LogP contribution in [-0.2, 0) is 42.0 Å². The third-order valence-electron chi connectivity index (χ3n) is 10.5. The fraction of sp³-hybridized carbons (Fsp3) is 0.362. The van der Waals surface area contributed by atoms with Crippen molar-refractivity contribution in [2.45, 2.75) is 111 Å². The summed E-state index contributed by atoms with van der Waals surface area (Å²) in [5, 5.41) is 0. The predicted molar refractivity (Wildman–Crippen MR) is 215 cm³/mol. The number of rotatable bonds is 5. The molecule has 0 amide bonds. The zero-order valence-corrected chi connectivity index (χ0v) is 35.4. The van der Waals surface area contributed by atoms with Crippen LogP contribution < -0.4 is 9.64 Å². The fourth-order valence-corrected chi connectivity index (χ4v) is 8.31. The Labute approximate surface area is 327 Å². The Morgan fingerprint density at radius 1 is 0.679 bits per heavy atom. The first-order valence-electron chi connectivity index (χ1n) is 18.7. The monoisotopic (exact) mass is 883 g/mol. The van der Waals surface area contributed by atoms with Crippen molar-refractivity contribution in [3.63, 3.8) is 0 Å².